The van der Waals surface area contributed by atoms with E-state index in [1.165, 1.54) is 0 Å². The number of carboxylic acid groups (broad SMARTS) is 1. The summed E-state index contributed by atoms with van der Waals surface area (Å²) in [6.07, 6.45) is -0.199. The molecule has 0 spiro atoms. The van der Waals surface area contributed by atoms with Crippen molar-refractivity contribution in [2.75, 3.05) is 26.4 Å². The van der Waals surface area contributed by atoms with Crippen LogP contribution in [0.5, 0.6) is 11.5 Å². The van der Waals surface area contributed by atoms with Gasteiger partial charge >= 0.3 is 6.09 Å². The molecule has 6 nitrogen and oxygen atoms in total. The predicted octanol–water partition coefficient (Wildman–Crippen LogP) is 3.04. The van der Waals surface area contributed by atoms with Crippen LogP contribution in [0.4, 0.5) is 4.79 Å². The standard InChI is InChI=1S/C15H22N2O4S/c1-11(2)9-17(7-3-6-16-15(18)19)22-12-4-5-13-14(8-12)21-10-20-13/h4-5,8,11,16H,3,6-7,9-10H2,1-2H3,(H,18,19). The fourth-order valence-electron chi connectivity index (χ4n) is 2.11. The third-order valence-electron chi connectivity index (χ3n) is 3.01. The van der Waals surface area contributed by atoms with Crippen LogP contribution in [0.3, 0.4) is 0 Å². The van der Waals surface area contributed by atoms with E-state index in [1.807, 2.05) is 18.2 Å². The zero-order valence-electron chi connectivity index (χ0n) is 12.9. The van der Waals surface area contributed by atoms with Gasteiger partial charge in [-0.2, -0.15) is 0 Å². The van der Waals surface area contributed by atoms with Gasteiger partial charge < -0.3 is 19.9 Å². The van der Waals surface area contributed by atoms with Crippen molar-refractivity contribution in [1.82, 2.24) is 9.62 Å². The zero-order chi connectivity index (χ0) is 15.9. The number of carbonyl (C=O) groups is 1. The molecule has 7 heteroatoms. The number of hydrogen-bond acceptors (Lipinski definition) is 5. The van der Waals surface area contributed by atoms with Crippen molar-refractivity contribution >= 4 is 18.0 Å². The SMILES string of the molecule is CC(C)CN(CCCNC(=O)O)Sc1ccc2c(c1)OCO2. The molecule has 1 aromatic carbocycles. The number of ether oxygens (including phenoxy) is 2. The molecule has 1 aliphatic rings. The number of nitrogens with one attached hydrogen (secondary N) is 1. The second-order valence-electron chi connectivity index (χ2n) is 5.47. The lowest BCUT2D eigenvalue weighted by atomic mass is 10.2. The van der Waals surface area contributed by atoms with Gasteiger partial charge in [0.15, 0.2) is 11.5 Å². The maximum absolute atomic E-state index is 10.5. The summed E-state index contributed by atoms with van der Waals surface area (Å²) in [6.45, 7) is 6.83. The Kier molecular flexibility index (Phi) is 6.21. The third-order valence-corrected chi connectivity index (χ3v) is 4.06. The molecule has 1 aliphatic heterocycles. The van der Waals surface area contributed by atoms with Gasteiger partial charge in [-0.05, 0) is 42.5 Å². The van der Waals surface area contributed by atoms with E-state index < -0.39 is 6.09 Å². The highest BCUT2D eigenvalue weighted by Gasteiger charge is 2.15. The molecule has 0 radical (unpaired) electrons. The summed E-state index contributed by atoms with van der Waals surface area (Å²) < 4.78 is 13.0. The van der Waals surface area contributed by atoms with Crippen LogP contribution in [-0.2, 0) is 0 Å². The predicted molar refractivity (Wildman–Crippen MR) is 85.5 cm³/mol. The van der Waals surface area contributed by atoms with Gasteiger partial charge in [0.2, 0.25) is 6.79 Å². The number of rotatable bonds is 8. The van der Waals surface area contributed by atoms with Gasteiger partial charge in [0, 0.05) is 24.5 Å². The molecular formula is C15H22N2O4S. The number of benzene rings is 1. The highest BCUT2D eigenvalue weighted by atomic mass is 32.2. The summed E-state index contributed by atoms with van der Waals surface area (Å²) in [4.78, 5) is 11.6. The van der Waals surface area contributed by atoms with Crippen molar-refractivity contribution in [3.63, 3.8) is 0 Å². The molecule has 1 amide bonds. The van der Waals surface area contributed by atoms with Gasteiger partial charge in [0.05, 0.1) is 0 Å². The first-order valence-corrected chi connectivity index (χ1v) is 8.11. The normalized spacial score (nSPS) is 12.9. The Bertz CT molecular complexity index is 510. The minimum Gasteiger partial charge on any atom is -0.465 e. The second kappa shape index (κ2) is 8.14. The van der Waals surface area contributed by atoms with Crippen LogP contribution in [-0.4, -0.2) is 41.9 Å². The number of nitrogens with zero attached hydrogens (tertiary/aromatic N) is 1. The second-order valence-corrected chi connectivity index (χ2v) is 6.64. The third kappa shape index (κ3) is 5.31. The summed E-state index contributed by atoms with van der Waals surface area (Å²) in [5, 5.41) is 11.0. The van der Waals surface area contributed by atoms with Crippen molar-refractivity contribution in [3.8, 4) is 11.5 Å². The van der Waals surface area contributed by atoms with E-state index in [1.54, 1.807) is 11.9 Å². The van der Waals surface area contributed by atoms with E-state index in [-0.39, 0.29) is 6.79 Å². The first kappa shape index (κ1) is 16.8. The van der Waals surface area contributed by atoms with Crippen LogP contribution >= 0.6 is 11.9 Å². The van der Waals surface area contributed by atoms with Gasteiger partial charge in [0.25, 0.3) is 0 Å². The van der Waals surface area contributed by atoms with Crippen molar-refractivity contribution in [3.05, 3.63) is 18.2 Å². The molecular weight excluding hydrogens is 304 g/mol. The first-order chi connectivity index (χ1) is 10.5. The lowest BCUT2D eigenvalue weighted by molar-refractivity contribution is 0.174. The van der Waals surface area contributed by atoms with Crippen molar-refractivity contribution in [1.29, 1.82) is 0 Å². The number of fused-ring (bicyclic) bond motifs is 1. The number of amides is 1. The van der Waals surface area contributed by atoms with Crippen LogP contribution < -0.4 is 14.8 Å². The summed E-state index contributed by atoms with van der Waals surface area (Å²) in [5.74, 6) is 2.10. The molecule has 1 heterocycles. The molecule has 0 fully saturated rings. The van der Waals surface area contributed by atoms with Crippen LogP contribution in [0.1, 0.15) is 20.3 Å². The summed E-state index contributed by atoms with van der Waals surface area (Å²) in [5.41, 5.74) is 0. The average molecular weight is 326 g/mol. The Morgan fingerprint density at radius 2 is 2.18 bits per heavy atom. The Morgan fingerprint density at radius 1 is 1.41 bits per heavy atom. The van der Waals surface area contributed by atoms with Crippen LogP contribution in [0.15, 0.2) is 23.1 Å². The summed E-state index contributed by atoms with van der Waals surface area (Å²) >= 11 is 1.66. The van der Waals surface area contributed by atoms with E-state index in [2.05, 4.69) is 23.5 Å². The van der Waals surface area contributed by atoms with Gasteiger partial charge in [-0.3, -0.25) is 0 Å². The zero-order valence-corrected chi connectivity index (χ0v) is 13.7. The van der Waals surface area contributed by atoms with E-state index in [4.69, 9.17) is 14.6 Å². The Morgan fingerprint density at radius 3 is 2.91 bits per heavy atom. The quantitative estimate of drug-likeness (QED) is 0.565. The Labute approximate surface area is 134 Å². The molecule has 1 aromatic rings. The topological polar surface area (TPSA) is 71.0 Å². The van der Waals surface area contributed by atoms with E-state index >= 15 is 0 Å². The van der Waals surface area contributed by atoms with Gasteiger partial charge in [0.1, 0.15) is 0 Å². The molecule has 0 bridgehead atoms. The monoisotopic (exact) mass is 326 g/mol. The van der Waals surface area contributed by atoms with Crippen LogP contribution in [0, 0.1) is 5.92 Å². The van der Waals surface area contributed by atoms with Gasteiger partial charge in [-0.1, -0.05) is 13.8 Å². The van der Waals surface area contributed by atoms with Gasteiger partial charge in [-0.15, -0.1) is 0 Å². The minimum absolute atomic E-state index is 0.278. The lowest BCUT2D eigenvalue weighted by Crippen LogP contribution is -2.27. The molecule has 0 aromatic heterocycles. The molecule has 2 rings (SSSR count). The average Bonchev–Trinajstić information content (AvgIpc) is 2.90. The maximum atomic E-state index is 10.5. The van der Waals surface area contributed by atoms with Crippen molar-refractivity contribution in [2.24, 2.45) is 5.92 Å². The van der Waals surface area contributed by atoms with Crippen LogP contribution in [0.2, 0.25) is 0 Å². The molecule has 0 aliphatic carbocycles. The van der Waals surface area contributed by atoms with Gasteiger partial charge in [-0.25, -0.2) is 9.10 Å². The molecule has 0 atom stereocenters. The summed E-state index contributed by atoms with van der Waals surface area (Å²) in [7, 11) is 0. The number of hydrogen-bond donors (Lipinski definition) is 2. The Balaban J connectivity index is 1.89. The maximum Gasteiger partial charge on any atom is 0.404 e. The van der Waals surface area contributed by atoms with Crippen molar-refractivity contribution < 1.29 is 19.4 Å². The molecule has 0 saturated heterocycles. The molecule has 0 saturated carbocycles. The van der Waals surface area contributed by atoms with Crippen LogP contribution in [0.25, 0.3) is 0 Å². The Hall–Kier alpha value is -1.60. The highest BCUT2D eigenvalue weighted by Crippen LogP contribution is 2.36. The van der Waals surface area contributed by atoms with E-state index in [0.717, 1.165) is 35.9 Å². The fraction of sp³-hybridized carbons (Fsp3) is 0.533. The molecule has 0 unspecified atom stereocenters. The summed E-state index contributed by atoms with van der Waals surface area (Å²) in [6, 6.07) is 5.92. The molecule has 122 valence electrons. The smallest absolute Gasteiger partial charge is 0.404 e. The first-order valence-electron chi connectivity index (χ1n) is 7.34. The van der Waals surface area contributed by atoms with E-state index in [9.17, 15) is 4.79 Å². The largest absolute Gasteiger partial charge is 0.465 e. The fourth-order valence-corrected chi connectivity index (χ4v) is 3.29. The molecule has 2 N–H and O–H groups in total. The van der Waals surface area contributed by atoms with E-state index in [0.29, 0.717) is 12.5 Å². The molecule has 22 heavy (non-hydrogen) atoms. The lowest BCUT2D eigenvalue weighted by Gasteiger charge is -2.23. The van der Waals surface area contributed by atoms with Crippen molar-refractivity contribution in [2.45, 2.75) is 25.2 Å². The minimum atomic E-state index is -0.973. The highest BCUT2D eigenvalue weighted by molar-refractivity contribution is 7.97.